The van der Waals surface area contributed by atoms with Gasteiger partial charge in [0.2, 0.25) is 0 Å². The van der Waals surface area contributed by atoms with Gasteiger partial charge in [0, 0.05) is 13.2 Å². The number of hydrogen-bond acceptors (Lipinski definition) is 4. The molecule has 92 valence electrons. The fourth-order valence-electron chi connectivity index (χ4n) is 1.19. The molecule has 0 saturated carbocycles. The molecule has 5 heteroatoms. The minimum atomic E-state index is -0.980. The first-order valence-corrected chi connectivity index (χ1v) is 7.69. The van der Waals surface area contributed by atoms with Gasteiger partial charge in [0.05, 0.1) is 15.0 Å². The molecule has 0 aromatic heterocycles. The van der Waals surface area contributed by atoms with E-state index < -0.39 is 10.8 Å². The predicted octanol–water partition coefficient (Wildman–Crippen LogP) is 2.65. The first-order valence-electron chi connectivity index (χ1n) is 4.90. The van der Waals surface area contributed by atoms with E-state index >= 15 is 0 Å². The van der Waals surface area contributed by atoms with Crippen molar-refractivity contribution in [2.75, 3.05) is 12.5 Å². The second-order valence-corrected chi connectivity index (χ2v) is 5.74. The molecule has 1 unspecified atom stereocenters. The summed E-state index contributed by atoms with van der Waals surface area (Å²) in [5.41, 5.74) is 0.931. The molecule has 0 radical (unpaired) electrons. The van der Waals surface area contributed by atoms with Crippen molar-refractivity contribution in [3.63, 3.8) is 0 Å². The Labute approximate surface area is 108 Å². The molecule has 0 aliphatic rings. The van der Waals surface area contributed by atoms with Crippen molar-refractivity contribution in [2.24, 2.45) is 0 Å². The van der Waals surface area contributed by atoms with E-state index in [-0.39, 0.29) is 5.97 Å². The molecule has 0 fully saturated rings. The van der Waals surface area contributed by atoms with Gasteiger partial charge in [0.1, 0.15) is 5.75 Å². The normalized spacial score (nSPS) is 13.2. The van der Waals surface area contributed by atoms with Crippen molar-refractivity contribution in [2.45, 2.75) is 6.92 Å². The van der Waals surface area contributed by atoms with Crippen molar-refractivity contribution in [3.05, 3.63) is 34.1 Å². The fraction of sp³-hybridized carbons (Fsp3) is 0.250. The van der Waals surface area contributed by atoms with E-state index in [2.05, 4.69) is 0 Å². The summed E-state index contributed by atoms with van der Waals surface area (Å²) in [6.07, 6.45) is 5.40. The fourth-order valence-corrected chi connectivity index (χ4v) is 2.69. The van der Waals surface area contributed by atoms with Gasteiger partial charge in [-0.15, -0.1) is 11.8 Å². The lowest BCUT2D eigenvalue weighted by Crippen LogP contribution is -2.00. The second kappa shape index (κ2) is 6.61. The van der Waals surface area contributed by atoms with Gasteiger partial charge in [0.25, 0.3) is 0 Å². The molecule has 1 aromatic rings. The molecule has 0 spiro atoms. The van der Waals surface area contributed by atoms with E-state index in [1.165, 1.54) is 18.7 Å². The Morgan fingerprint density at radius 3 is 2.35 bits per heavy atom. The maximum absolute atomic E-state index is 11.3. The molecule has 0 bridgehead atoms. The number of benzene rings is 1. The Hall–Kier alpha value is -1.07. The highest BCUT2D eigenvalue weighted by Crippen LogP contribution is 2.20. The van der Waals surface area contributed by atoms with Crippen LogP contribution in [0.1, 0.15) is 12.5 Å². The highest BCUT2D eigenvalue weighted by molar-refractivity contribution is 8.16. The maximum atomic E-state index is 11.3. The molecule has 1 rings (SSSR count). The maximum Gasteiger partial charge on any atom is 0.308 e. The number of esters is 1. The lowest BCUT2D eigenvalue weighted by Gasteiger charge is -2.02. The average molecular weight is 270 g/mol. The first kappa shape index (κ1) is 14.0. The highest BCUT2D eigenvalue weighted by atomic mass is 32.2. The van der Waals surface area contributed by atoms with Gasteiger partial charge in [0.15, 0.2) is 0 Å². The smallest absolute Gasteiger partial charge is 0.308 e. The van der Waals surface area contributed by atoms with Crippen molar-refractivity contribution in [1.82, 2.24) is 0 Å². The monoisotopic (exact) mass is 270 g/mol. The molecule has 0 amide bonds. The lowest BCUT2D eigenvalue weighted by molar-refractivity contribution is -0.131. The number of ether oxygens (including phenoxy) is 1. The molecule has 0 aliphatic carbocycles. The van der Waals surface area contributed by atoms with Gasteiger partial charge < -0.3 is 4.74 Å². The zero-order valence-corrected chi connectivity index (χ0v) is 11.6. The molecule has 1 atom stereocenters. The zero-order valence-electron chi connectivity index (χ0n) is 9.93. The number of carbonyl (C=O) groups is 1. The molecular weight excluding hydrogens is 256 g/mol. The van der Waals surface area contributed by atoms with Crippen LogP contribution in [0.15, 0.2) is 28.5 Å². The summed E-state index contributed by atoms with van der Waals surface area (Å²) in [6.45, 7) is 1.36. The van der Waals surface area contributed by atoms with Crippen LogP contribution in [0.2, 0.25) is 0 Å². The van der Waals surface area contributed by atoms with E-state index in [9.17, 15) is 9.00 Å². The van der Waals surface area contributed by atoms with Gasteiger partial charge in [-0.3, -0.25) is 9.00 Å². The second-order valence-electron chi connectivity index (χ2n) is 3.28. The molecule has 0 N–H and O–H groups in total. The summed E-state index contributed by atoms with van der Waals surface area (Å²) in [7, 11) is -0.980. The van der Waals surface area contributed by atoms with E-state index in [1.807, 2.05) is 24.5 Å². The molecular formula is C12H14O3S2. The van der Waals surface area contributed by atoms with Crippen LogP contribution in [0.3, 0.4) is 0 Å². The summed E-state index contributed by atoms with van der Waals surface area (Å²) in [4.78, 5) is 10.7. The van der Waals surface area contributed by atoms with Crippen molar-refractivity contribution >= 4 is 34.6 Å². The van der Waals surface area contributed by atoms with Crippen LogP contribution in [0, 0.1) is 0 Å². The number of hydrogen-bond donors (Lipinski definition) is 0. The molecule has 3 nitrogen and oxygen atoms in total. The molecule has 0 heterocycles. The Kier molecular flexibility index (Phi) is 5.44. The summed E-state index contributed by atoms with van der Waals surface area (Å²) in [5, 5.41) is 0. The third-order valence-electron chi connectivity index (χ3n) is 1.91. The van der Waals surface area contributed by atoms with Gasteiger partial charge in [-0.1, -0.05) is 12.1 Å². The van der Waals surface area contributed by atoms with Crippen molar-refractivity contribution in [3.8, 4) is 5.75 Å². The van der Waals surface area contributed by atoms with Crippen molar-refractivity contribution in [1.29, 1.82) is 0 Å². The minimum absolute atomic E-state index is 0.340. The van der Waals surface area contributed by atoms with Crippen LogP contribution in [0.25, 0.3) is 6.08 Å². The SMILES string of the molecule is CS/C(=C\c1ccc(OC(C)=O)cc1)S(C)=O. The van der Waals surface area contributed by atoms with E-state index in [4.69, 9.17) is 4.74 Å². The zero-order chi connectivity index (χ0) is 12.8. The third kappa shape index (κ3) is 4.75. The number of carbonyl (C=O) groups excluding carboxylic acids is 1. The Balaban J connectivity index is 2.87. The van der Waals surface area contributed by atoms with Crippen LogP contribution in [-0.2, 0) is 15.6 Å². The third-order valence-corrected chi connectivity index (χ3v) is 4.32. The van der Waals surface area contributed by atoms with E-state index in [1.54, 1.807) is 18.4 Å². The highest BCUT2D eigenvalue weighted by Gasteiger charge is 2.01. The molecule has 0 saturated heterocycles. The van der Waals surface area contributed by atoms with Gasteiger partial charge >= 0.3 is 5.97 Å². The Morgan fingerprint density at radius 1 is 1.35 bits per heavy atom. The molecule has 1 aromatic carbocycles. The predicted molar refractivity (Wildman–Crippen MR) is 73.3 cm³/mol. The lowest BCUT2D eigenvalue weighted by atomic mass is 10.2. The van der Waals surface area contributed by atoms with E-state index in [0.29, 0.717) is 5.75 Å². The quantitative estimate of drug-likeness (QED) is 0.623. The van der Waals surface area contributed by atoms with Crippen LogP contribution in [-0.4, -0.2) is 22.7 Å². The van der Waals surface area contributed by atoms with Gasteiger partial charge in [-0.25, -0.2) is 0 Å². The van der Waals surface area contributed by atoms with Crippen LogP contribution < -0.4 is 4.74 Å². The topological polar surface area (TPSA) is 43.4 Å². The van der Waals surface area contributed by atoms with Crippen LogP contribution in [0.5, 0.6) is 5.75 Å². The molecule has 0 aliphatic heterocycles. The summed E-state index contributed by atoms with van der Waals surface area (Å²) < 4.78 is 17.1. The average Bonchev–Trinajstić information content (AvgIpc) is 2.26. The van der Waals surface area contributed by atoms with Crippen LogP contribution in [0.4, 0.5) is 0 Å². The van der Waals surface area contributed by atoms with Crippen LogP contribution >= 0.6 is 11.8 Å². The van der Waals surface area contributed by atoms with Crippen molar-refractivity contribution < 1.29 is 13.7 Å². The van der Waals surface area contributed by atoms with E-state index in [0.717, 1.165) is 9.80 Å². The Morgan fingerprint density at radius 2 is 1.94 bits per heavy atom. The first-order chi connectivity index (χ1) is 8.02. The van der Waals surface area contributed by atoms with Gasteiger partial charge in [-0.05, 0) is 30.0 Å². The summed E-state index contributed by atoms with van der Waals surface area (Å²) in [5.74, 6) is 0.172. The number of thioether (sulfide) groups is 1. The van der Waals surface area contributed by atoms with Gasteiger partial charge in [-0.2, -0.15) is 0 Å². The molecule has 17 heavy (non-hydrogen) atoms. The standard InChI is InChI=1S/C12H14O3S2/c1-9(13)15-11-6-4-10(5-7-11)8-12(16-2)17(3)14/h4-8H,1-3H3/b12-8+. The Bertz CT molecular complexity index is 449. The largest absolute Gasteiger partial charge is 0.427 e. The number of rotatable bonds is 4. The minimum Gasteiger partial charge on any atom is -0.427 e. The summed E-state index contributed by atoms with van der Waals surface area (Å²) >= 11 is 1.46. The summed E-state index contributed by atoms with van der Waals surface area (Å²) in [6, 6.07) is 7.07.